The van der Waals surface area contributed by atoms with Gasteiger partial charge < -0.3 is 10.2 Å². The minimum Gasteiger partial charge on any atom is -0.341 e. The molecule has 2 rings (SSSR count). The second-order valence-corrected chi connectivity index (χ2v) is 4.49. The van der Waals surface area contributed by atoms with Gasteiger partial charge >= 0.3 is 0 Å². The molecule has 0 aliphatic rings. The molecule has 5 nitrogen and oxygen atoms in total. The van der Waals surface area contributed by atoms with Crippen molar-refractivity contribution in [3.63, 3.8) is 0 Å². The van der Waals surface area contributed by atoms with Gasteiger partial charge in [-0.2, -0.15) is 0 Å². The van der Waals surface area contributed by atoms with E-state index in [2.05, 4.69) is 15.3 Å². The number of hydrogen-bond donors (Lipinski definition) is 1. The van der Waals surface area contributed by atoms with Gasteiger partial charge in [-0.15, -0.1) is 0 Å². The number of nitrogens with one attached hydrogen (secondary N) is 1. The first kappa shape index (κ1) is 15.8. The molecule has 22 heavy (non-hydrogen) atoms. The average molecular weight is 306 g/mol. The number of aromatic nitrogens is 2. The first-order valence-corrected chi connectivity index (χ1v) is 6.89. The van der Waals surface area contributed by atoms with Crippen LogP contribution in [-0.4, -0.2) is 29.0 Å². The second-order valence-electron chi connectivity index (χ2n) is 4.49. The minimum absolute atomic E-state index is 0.102. The molecule has 116 valence electrons. The van der Waals surface area contributed by atoms with Crippen LogP contribution in [-0.2, 0) is 0 Å². The van der Waals surface area contributed by atoms with E-state index in [-0.39, 0.29) is 11.4 Å². The highest BCUT2D eigenvalue weighted by Gasteiger charge is 2.14. The Labute approximate surface area is 127 Å². The van der Waals surface area contributed by atoms with Crippen molar-refractivity contribution in [1.82, 2.24) is 9.97 Å². The Morgan fingerprint density at radius 1 is 1.23 bits per heavy atom. The molecule has 1 aromatic heterocycles. The van der Waals surface area contributed by atoms with E-state index in [0.717, 1.165) is 12.1 Å². The lowest BCUT2D eigenvalue weighted by Crippen LogP contribution is -2.25. The lowest BCUT2D eigenvalue weighted by atomic mass is 10.3. The summed E-state index contributed by atoms with van der Waals surface area (Å²) < 4.78 is 26.4. The molecule has 2 aromatic rings. The summed E-state index contributed by atoms with van der Waals surface area (Å²) in [5.41, 5.74) is 0.00928. The normalized spacial score (nSPS) is 10.4. The van der Waals surface area contributed by atoms with Gasteiger partial charge in [-0.1, -0.05) is 0 Å². The summed E-state index contributed by atoms with van der Waals surface area (Å²) in [6.07, 6.45) is 1.47. The lowest BCUT2D eigenvalue weighted by molar-refractivity contribution is 0.102. The summed E-state index contributed by atoms with van der Waals surface area (Å²) in [7, 11) is 0. The van der Waals surface area contributed by atoms with E-state index in [9.17, 15) is 13.6 Å². The van der Waals surface area contributed by atoms with E-state index in [0.29, 0.717) is 25.1 Å². The van der Waals surface area contributed by atoms with Crippen LogP contribution in [0.15, 0.2) is 30.5 Å². The van der Waals surface area contributed by atoms with Crippen LogP contribution in [0.1, 0.15) is 24.3 Å². The topological polar surface area (TPSA) is 58.1 Å². The van der Waals surface area contributed by atoms with Crippen molar-refractivity contribution in [2.45, 2.75) is 13.8 Å². The minimum atomic E-state index is -0.841. The van der Waals surface area contributed by atoms with Crippen LogP contribution in [0.5, 0.6) is 0 Å². The first-order valence-electron chi connectivity index (χ1n) is 6.89. The van der Waals surface area contributed by atoms with Gasteiger partial charge in [0.1, 0.15) is 17.3 Å². The monoisotopic (exact) mass is 306 g/mol. The maximum atomic E-state index is 13.5. The van der Waals surface area contributed by atoms with Gasteiger partial charge in [0.2, 0.25) is 5.95 Å². The Bertz CT molecular complexity index is 674. The van der Waals surface area contributed by atoms with Crippen LogP contribution >= 0.6 is 0 Å². The van der Waals surface area contributed by atoms with Crippen molar-refractivity contribution in [2.75, 3.05) is 23.3 Å². The summed E-state index contributed by atoms with van der Waals surface area (Å²) in [6.45, 7) is 5.31. The van der Waals surface area contributed by atoms with Gasteiger partial charge in [-0.25, -0.2) is 18.7 Å². The highest BCUT2D eigenvalue weighted by molar-refractivity contribution is 6.03. The Morgan fingerprint density at radius 3 is 2.59 bits per heavy atom. The number of amides is 1. The molecule has 1 aromatic carbocycles. The Balaban J connectivity index is 2.21. The summed E-state index contributed by atoms with van der Waals surface area (Å²) in [4.78, 5) is 22.3. The summed E-state index contributed by atoms with van der Waals surface area (Å²) in [6, 6.07) is 4.37. The zero-order valence-corrected chi connectivity index (χ0v) is 12.3. The molecule has 0 aliphatic heterocycles. The highest BCUT2D eigenvalue weighted by atomic mass is 19.1. The van der Waals surface area contributed by atoms with Crippen molar-refractivity contribution >= 4 is 17.5 Å². The summed E-state index contributed by atoms with van der Waals surface area (Å²) >= 11 is 0. The lowest BCUT2D eigenvalue weighted by Gasteiger charge is -2.18. The van der Waals surface area contributed by atoms with Gasteiger partial charge in [0, 0.05) is 25.4 Å². The van der Waals surface area contributed by atoms with Crippen LogP contribution in [0.25, 0.3) is 0 Å². The number of carbonyl (C=O) groups excluding carboxylic acids is 1. The molecule has 0 atom stereocenters. The molecule has 0 fully saturated rings. The summed E-state index contributed by atoms with van der Waals surface area (Å²) in [5.74, 6) is -1.70. The molecule has 1 N–H and O–H groups in total. The zero-order chi connectivity index (χ0) is 16.1. The van der Waals surface area contributed by atoms with Gasteiger partial charge in [-0.05, 0) is 32.0 Å². The smallest absolute Gasteiger partial charge is 0.274 e. The number of hydrogen-bond acceptors (Lipinski definition) is 4. The van der Waals surface area contributed by atoms with Gasteiger partial charge in [-0.3, -0.25) is 4.79 Å². The molecule has 0 aliphatic carbocycles. The SMILES string of the molecule is CCN(CC)c1nccc(C(=O)Nc2ccc(F)cc2F)n1. The van der Waals surface area contributed by atoms with E-state index >= 15 is 0 Å². The van der Waals surface area contributed by atoms with E-state index < -0.39 is 17.5 Å². The number of benzene rings is 1. The van der Waals surface area contributed by atoms with Gasteiger partial charge in [0.25, 0.3) is 5.91 Å². The highest BCUT2D eigenvalue weighted by Crippen LogP contribution is 2.16. The van der Waals surface area contributed by atoms with Crippen molar-refractivity contribution in [3.8, 4) is 0 Å². The van der Waals surface area contributed by atoms with Crippen LogP contribution in [0.2, 0.25) is 0 Å². The third-order valence-corrected chi connectivity index (χ3v) is 3.10. The van der Waals surface area contributed by atoms with E-state index in [1.54, 1.807) is 0 Å². The van der Waals surface area contributed by atoms with Crippen molar-refractivity contribution in [3.05, 3.63) is 47.8 Å². The standard InChI is InChI=1S/C15H16F2N4O/c1-3-21(4-2)15-18-8-7-13(20-15)14(22)19-12-6-5-10(16)9-11(12)17/h5-9H,3-4H2,1-2H3,(H,19,22). The van der Waals surface area contributed by atoms with Crippen molar-refractivity contribution < 1.29 is 13.6 Å². The van der Waals surface area contributed by atoms with Crippen LogP contribution in [0.4, 0.5) is 20.4 Å². The van der Waals surface area contributed by atoms with Gasteiger partial charge in [0.05, 0.1) is 5.69 Å². The van der Waals surface area contributed by atoms with E-state index in [1.807, 2.05) is 18.7 Å². The molecule has 1 amide bonds. The molecular formula is C15H16F2N4O. The van der Waals surface area contributed by atoms with Crippen LogP contribution in [0.3, 0.4) is 0 Å². The fourth-order valence-corrected chi connectivity index (χ4v) is 1.91. The first-order chi connectivity index (χ1) is 10.5. The molecule has 0 radical (unpaired) electrons. The van der Waals surface area contributed by atoms with Gasteiger partial charge in [0.15, 0.2) is 0 Å². The van der Waals surface area contributed by atoms with E-state index in [1.165, 1.54) is 12.3 Å². The van der Waals surface area contributed by atoms with Crippen molar-refractivity contribution in [1.29, 1.82) is 0 Å². The molecule has 0 saturated carbocycles. The molecule has 7 heteroatoms. The molecule has 0 spiro atoms. The van der Waals surface area contributed by atoms with Crippen molar-refractivity contribution in [2.24, 2.45) is 0 Å². The molecule has 0 bridgehead atoms. The number of rotatable bonds is 5. The largest absolute Gasteiger partial charge is 0.341 e. The Kier molecular flexibility index (Phi) is 4.98. The average Bonchev–Trinajstić information content (AvgIpc) is 2.51. The second kappa shape index (κ2) is 6.93. The fourth-order valence-electron chi connectivity index (χ4n) is 1.91. The number of carbonyl (C=O) groups is 1. The van der Waals surface area contributed by atoms with Crippen LogP contribution < -0.4 is 10.2 Å². The third-order valence-electron chi connectivity index (χ3n) is 3.10. The predicted molar refractivity (Wildman–Crippen MR) is 79.9 cm³/mol. The molecule has 1 heterocycles. The third kappa shape index (κ3) is 3.55. The maximum Gasteiger partial charge on any atom is 0.274 e. The number of halogens is 2. The number of nitrogens with zero attached hydrogens (tertiary/aromatic N) is 3. The molecular weight excluding hydrogens is 290 g/mol. The predicted octanol–water partition coefficient (Wildman–Crippen LogP) is 2.85. The summed E-state index contributed by atoms with van der Waals surface area (Å²) in [5, 5.41) is 2.37. The Hall–Kier alpha value is -2.57. The molecule has 0 saturated heterocycles. The maximum absolute atomic E-state index is 13.5. The molecule has 0 unspecified atom stereocenters. The van der Waals surface area contributed by atoms with Crippen LogP contribution in [0, 0.1) is 11.6 Å². The number of anilines is 2. The van der Waals surface area contributed by atoms with E-state index in [4.69, 9.17) is 0 Å². The fraction of sp³-hybridized carbons (Fsp3) is 0.267. The quantitative estimate of drug-likeness (QED) is 0.923. The zero-order valence-electron chi connectivity index (χ0n) is 12.3. The Morgan fingerprint density at radius 2 is 1.95 bits per heavy atom.